The summed E-state index contributed by atoms with van der Waals surface area (Å²) >= 11 is 0. The van der Waals surface area contributed by atoms with Gasteiger partial charge < -0.3 is 4.90 Å². The normalized spacial score (nSPS) is 27.8. The van der Waals surface area contributed by atoms with E-state index in [1.54, 1.807) is 0 Å². The van der Waals surface area contributed by atoms with Crippen molar-refractivity contribution in [2.75, 3.05) is 31.1 Å². The van der Waals surface area contributed by atoms with Crippen LogP contribution in [0.25, 0.3) is 0 Å². The van der Waals surface area contributed by atoms with Crippen LogP contribution in [0, 0.1) is 0 Å². The number of piperazine rings is 2. The van der Waals surface area contributed by atoms with Crippen LogP contribution < -0.4 is 4.90 Å². The fourth-order valence-electron chi connectivity index (χ4n) is 2.43. The second kappa shape index (κ2) is 3.60. The second-order valence-corrected chi connectivity index (χ2v) is 4.54. The molecule has 0 spiro atoms. The highest BCUT2D eigenvalue weighted by Crippen LogP contribution is 2.33. The average molecular weight is 243 g/mol. The summed E-state index contributed by atoms with van der Waals surface area (Å²) in [6.45, 7) is 3.62. The van der Waals surface area contributed by atoms with Gasteiger partial charge in [0.25, 0.3) is 0 Å². The average Bonchev–Trinajstić information content (AvgIpc) is 2.27. The molecule has 4 rings (SSSR count). The summed E-state index contributed by atoms with van der Waals surface area (Å²) < 4.78 is 37.7. The fourth-order valence-corrected chi connectivity index (χ4v) is 2.43. The van der Waals surface area contributed by atoms with Crippen molar-refractivity contribution in [3.05, 3.63) is 24.0 Å². The molecule has 3 saturated heterocycles. The molecule has 0 saturated carbocycles. The van der Waals surface area contributed by atoms with E-state index in [0.29, 0.717) is 11.7 Å². The molecule has 3 aliphatic heterocycles. The lowest BCUT2D eigenvalue weighted by atomic mass is 10.0. The Morgan fingerprint density at radius 2 is 1.94 bits per heavy atom. The van der Waals surface area contributed by atoms with E-state index in [-0.39, 0.29) is 0 Å². The number of nitrogens with zero attached hydrogens (tertiary/aromatic N) is 3. The van der Waals surface area contributed by atoms with Gasteiger partial charge in [-0.05, 0) is 6.07 Å². The van der Waals surface area contributed by atoms with Gasteiger partial charge >= 0.3 is 6.18 Å². The Hall–Kier alpha value is -1.30. The first kappa shape index (κ1) is 10.8. The number of aromatic nitrogens is 1. The van der Waals surface area contributed by atoms with E-state index in [0.717, 1.165) is 32.4 Å². The molecule has 0 aliphatic carbocycles. The molecule has 0 unspecified atom stereocenters. The predicted molar refractivity (Wildman–Crippen MR) is 56.8 cm³/mol. The van der Waals surface area contributed by atoms with Crippen LogP contribution in [0.15, 0.2) is 18.5 Å². The van der Waals surface area contributed by atoms with Gasteiger partial charge in [-0.25, -0.2) is 0 Å². The Labute approximate surface area is 96.8 Å². The van der Waals surface area contributed by atoms with Crippen LogP contribution in [-0.4, -0.2) is 42.1 Å². The van der Waals surface area contributed by atoms with Gasteiger partial charge in [-0.3, -0.25) is 9.88 Å². The third-order valence-electron chi connectivity index (χ3n) is 3.42. The minimum atomic E-state index is -4.32. The molecule has 3 nitrogen and oxygen atoms in total. The molecular formula is C11H12F3N3. The zero-order chi connectivity index (χ0) is 12.0. The Balaban J connectivity index is 1.87. The molecule has 3 aliphatic rings. The summed E-state index contributed by atoms with van der Waals surface area (Å²) in [5.41, 5.74) is -0.0825. The van der Waals surface area contributed by atoms with Crippen molar-refractivity contribution in [2.24, 2.45) is 0 Å². The minimum Gasteiger partial charge on any atom is -0.363 e. The summed E-state index contributed by atoms with van der Waals surface area (Å²) in [6, 6.07) is 1.55. The van der Waals surface area contributed by atoms with Crippen molar-refractivity contribution >= 4 is 5.69 Å². The van der Waals surface area contributed by atoms with Crippen LogP contribution >= 0.6 is 0 Å². The van der Waals surface area contributed by atoms with Crippen LogP contribution in [0.5, 0.6) is 0 Å². The van der Waals surface area contributed by atoms with Gasteiger partial charge in [-0.15, -0.1) is 0 Å². The Bertz CT molecular complexity index is 423. The van der Waals surface area contributed by atoms with Crippen molar-refractivity contribution in [3.8, 4) is 0 Å². The van der Waals surface area contributed by atoms with Gasteiger partial charge in [0.1, 0.15) is 0 Å². The maximum Gasteiger partial charge on any atom is 0.417 e. The molecule has 92 valence electrons. The highest BCUT2D eigenvalue weighted by molar-refractivity contribution is 5.49. The maximum absolute atomic E-state index is 12.6. The van der Waals surface area contributed by atoms with E-state index in [1.807, 2.05) is 4.90 Å². The highest BCUT2D eigenvalue weighted by atomic mass is 19.4. The molecule has 2 bridgehead atoms. The first-order valence-corrected chi connectivity index (χ1v) is 5.55. The quantitative estimate of drug-likeness (QED) is 0.747. The minimum absolute atomic E-state index is 0.356. The standard InChI is InChI=1S/C11H12F3N3/c12-11(13,14)8-3-9(5-15-4-8)17-2-1-16-6-10(17)7-16/h3-5,10H,1-2,6-7H2. The topological polar surface area (TPSA) is 19.4 Å². The van der Waals surface area contributed by atoms with Gasteiger partial charge in [0, 0.05) is 32.4 Å². The first-order chi connectivity index (χ1) is 8.04. The van der Waals surface area contributed by atoms with Crippen molar-refractivity contribution < 1.29 is 13.2 Å². The van der Waals surface area contributed by atoms with Gasteiger partial charge in [-0.1, -0.05) is 0 Å². The number of fused-ring (bicyclic) bond motifs is 2. The number of hydrogen-bond acceptors (Lipinski definition) is 3. The molecule has 17 heavy (non-hydrogen) atoms. The molecule has 6 heteroatoms. The molecule has 4 heterocycles. The summed E-state index contributed by atoms with van der Waals surface area (Å²) in [5, 5.41) is 0. The lowest BCUT2D eigenvalue weighted by Crippen LogP contribution is -2.66. The van der Waals surface area contributed by atoms with Crippen LogP contribution in [-0.2, 0) is 6.18 Å². The fraction of sp³-hybridized carbons (Fsp3) is 0.545. The van der Waals surface area contributed by atoms with Crippen LogP contribution in [0.2, 0.25) is 0 Å². The maximum atomic E-state index is 12.6. The van der Waals surface area contributed by atoms with Gasteiger partial charge in [0.2, 0.25) is 0 Å². The zero-order valence-electron chi connectivity index (χ0n) is 9.11. The molecular weight excluding hydrogens is 231 g/mol. The van der Waals surface area contributed by atoms with Crippen LogP contribution in [0.3, 0.4) is 0 Å². The third-order valence-corrected chi connectivity index (χ3v) is 3.42. The SMILES string of the molecule is FC(F)(F)c1cncc(N2CCN3CC2C3)c1. The van der Waals surface area contributed by atoms with E-state index < -0.39 is 11.7 Å². The van der Waals surface area contributed by atoms with Crippen LogP contribution in [0.1, 0.15) is 5.56 Å². The Morgan fingerprint density at radius 1 is 1.18 bits per heavy atom. The zero-order valence-corrected chi connectivity index (χ0v) is 9.11. The van der Waals surface area contributed by atoms with Crippen molar-refractivity contribution in [3.63, 3.8) is 0 Å². The number of hydrogen-bond donors (Lipinski definition) is 0. The summed E-state index contributed by atoms with van der Waals surface area (Å²) in [7, 11) is 0. The summed E-state index contributed by atoms with van der Waals surface area (Å²) in [5.74, 6) is 0. The largest absolute Gasteiger partial charge is 0.417 e. The lowest BCUT2D eigenvalue weighted by Gasteiger charge is -2.52. The molecule has 1 aromatic heterocycles. The number of alkyl halides is 3. The van der Waals surface area contributed by atoms with Crippen molar-refractivity contribution in [1.29, 1.82) is 0 Å². The lowest BCUT2D eigenvalue weighted by molar-refractivity contribution is -0.137. The molecule has 0 amide bonds. The van der Waals surface area contributed by atoms with E-state index in [9.17, 15) is 13.2 Å². The van der Waals surface area contributed by atoms with E-state index >= 15 is 0 Å². The smallest absolute Gasteiger partial charge is 0.363 e. The van der Waals surface area contributed by atoms with Crippen molar-refractivity contribution in [2.45, 2.75) is 12.2 Å². The third kappa shape index (κ3) is 1.86. The number of halogens is 3. The van der Waals surface area contributed by atoms with Crippen LogP contribution in [0.4, 0.5) is 18.9 Å². The Kier molecular flexibility index (Phi) is 2.29. The Morgan fingerprint density at radius 3 is 2.53 bits per heavy atom. The summed E-state index contributed by atoms with van der Waals surface area (Å²) in [4.78, 5) is 8.03. The molecule has 0 aromatic carbocycles. The summed E-state index contributed by atoms with van der Waals surface area (Å²) in [6.07, 6.45) is -1.92. The molecule has 3 fully saturated rings. The van der Waals surface area contributed by atoms with E-state index in [1.165, 1.54) is 12.3 Å². The van der Waals surface area contributed by atoms with Gasteiger partial charge in [-0.2, -0.15) is 13.2 Å². The van der Waals surface area contributed by atoms with Crippen molar-refractivity contribution in [1.82, 2.24) is 9.88 Å². The number of anilines is 1. The van der Waals surface area contributed by atoms with Gasteiger partial charge in [0.15, 0.2) is 0 Å². The molecule has 0 radical (unpaired) electrons. The van der Waals surface area contributed by atoms with E-state index in [4.69, 9.17) is 0 Å². The highest BCUT2D eigenvalue weighted by Gasteiger charge is 2.38. The predicted octanol–water partition coefficient (Wildman–Crippen LogP) is 1.60. The number of rotatable bonds is 1. The molecule has 1 aromatic rings. The molecule has 0 N–H and O–H groups in total. The molecule has 0 atom stereocenters. The first-order valence-electron chi connectivity index (χ1n) is 5.55. The van der Waals surface area contributed by atoms with E-state index in [2.05, 4.69) is 9.88 Å². The second-order valence-electron chi connectivity index (χ2n) is 4.54. The van der Waals surface area contributed by atoms with Gasteiger partial charge in [0.05, 0.1) is 23.5 Å². The number of pyridine rings is 1. The monoisotopic (exact) mass is 243 g/mol.